The van der Waals surface area contributed by atoms with E-state index in [4.69, 9.17) is 9.29 Å². The van der Waals surface area contributed by atoms with Gasteiger partial charge in [0.2, 0.25) is 0 Å². The molecule has 0 aliphatic heterocycles. The molecule has 0 aliphatic rings. The molecule has 6 nitrogen and oxygen atoms in total. The summed E-state index contributed by atoms with van der Waals surface area (Å²) in [5, 5.41) is 2.47. The third-order valence-electron chi connectivity index (χ3n) is 2.06. The molecule has 0 aromatic heterocycles. The first-order valence-electron chi connectivity index (χ1n) is 4.98. The summed E-state index contributed by atoms with van der Waals surface area (Å²) in [6.45, 7) is 3.83. The summed E-state index contributed by atoms with van der Waals surface area (Å²) in [6, 6.07) is 3.76. The lowest BCUT2D eigenvalue weighted by Crippen LogP contribution is -2.01. The highest BCUT2D eigenvalue weighted by molar-refractivity contribution is 8.04. The molecule has 0 amide bonds. The third-order valence-corrected chi connectivity index (χ3v) is 3.14. The van der Waals surface area contributed by atoms with Gasteiger partial charge in [-0.3, -0.25) is 9.44 Å². The second-order valence-electron chi connectivity index (χ2n) is 3.47. The van der Waals surface area contributed by atoms with Crippen LogP contribution in [0.4, 0.5) is 0 Å². The van der Waals surface area contributed by atoms with Crippen LogP contribution < -0.4 is 4.74 Å². The minimum Gasteiger partial charge on any atom is -0.496 e. The van der Waals surface area contributed by atoms with Crippen molar-refractivity contribution in [2.45, 2.75) is 18.7 Å². The van der Waals surface area contributed by atoms with E-state index < -0.39 is 10.4 Å². The smallest absolute Gasteiger partial charge is 0.433 e. The first-order chi connectivity index (χ1) is 8.83. The van der Waals surface area contributed by atoms with Crippen LogP contribution in [0, 0.1) is 25.2 Å². The second-order valence-corrected chi connectivity index (χ2v) is 5.31. The molecule has 0 heterocycles. The van der Waals surface area contributed by atoms with Gasteiger partial charge < -0.3 is 4.74 Å². The minimum atomic E-state index is -4.65. The van der Waals surface area contributed by atoms with Crippen molar-refractivity contribution in [2.75, 3.05) is 7.11 Å². The monoisotopic (exact) mass is 304 g/mol. The maximum atomic E-state index is 10.2. The molecule has 1 aromatic rings. The highest BCUT2D eigenvalue weighted by Crippen LogP contribution is 2.29. The number of aryl methyl sites for hydroxylation is 2. The molecule has 0 spiro atoms. The number of thioether (sulfide) groups is 1. The van der Waals surface area contributed by atoms with E-state index in [1.54, 1.807) is 7.11 Å². The van der Waals surface area contributed by atoms with Gasteiger partial charge in [-0.2, -0.15) is 8.42 Å². The fourth-order valence-corrected chi connectivity index (χ4v) is 1.99. The van der Waals surface area contributed by atoms with Gasteiger partial charge in [0, 0.05) is 10.1 Å². The quantitative estimate of drug-likeness (QED) is 0.300. The summed E-state index contributed by atoms with van der Waals surface area (Å²) >= 11 is 1.11. The Bertz CT molecular complexity index is 612. The summed E-state index contributed by atoms with van der Waals surface area (Å²) in [7, 11) is -3.08. The summed E-state index contributed by atoms with van der Waals surface area (Å²) in [5.74, 6) is 0.727. The Morgan fingerprint density at radius 3 is 2.53 bits per heavy atom. The van der Waals surface area contributed by atoms with Crippen molar-refractivity contribution in [3.8, 4) is 17.1 Å². The van der Waals surface area contributed by atoms with Crippen LogP contribution in [0.25, 0.3) is 0 Å². The van der Waals surface area contributed by atoms with Gasteiger partial charge in [0.05, 0.1) is 7.11 Å². The number of hydrogen-bond acceptors (Lipinski definition) is 6. The van der Waals surface area contributed by atoms with Crippen LogP contribution in [0.15, 0.2) is 17.0 Å². The molecule has 0 saturated heterocycles. The predicted octanol–water partition coefficient (Wildman–Crippen LogP) is 2.07. The van der Waals surface area contributed by atoms with Gasteiger partial charge in [-0.25, -0.2) is 0 Å². The lowest BCUT2D eigenvalue weighted by molar-refractivity contribution is -0.135. The fourth-order valence-electron chi connectivity index (χ4n) is 1.30. The topological polar surface area (TPSA) is 82.1 Å². The molecule has 104 valence electrons. The van der Waals surface area contributed by atoms with Crippen LogP contribution in [0.5, 0.6) is 5.75 Å². The molecule has 19 heavy (non-hydrogen) atoms. The van der Waals surface area contributed by atoms with E-state index in [2.05, 4.69) is 14.5 Å². The number of benzene rings is 1. The maximum absolute atomic E-state index is 10.2. The van der Waals surface area contributed by atoms with E-state index in [0.29, 0.717) is 0 Å². The molecule has 1 rings (SSSR count). The molecule has 1 aromatic carbocycles. The van der Waals surface area contributed by atoms with Crippen molar-refractivity contribution in [2.24, 2.45) is 0 Å². The van der Waals surface area contributed by atoms with Crippen molar-refractivity contribution in [1.29, 1.82) is 0 Å². The van der Waals surface area contributed by atoms with E-state index in [-0.39, 0.29) is 0 Å². The van der Waals surface area contributed by atoms with E-state index in [1.807, 2.05) is 32.1 Å². The SMILES string of the molecule is COc1cc(SC#COOS(=O)(=O)O)c(C)cc1C. The lowest BCUT2D eigenvalue weighted by atomic mass is 10.1. The highest BCUT2D eigenvalue weighted by atomic mass is 32.3. The summed E-state index contributed by atoms with van der Waals surface area (Å²) < 4.78 is 37.3. The third kappa shape index (κ3) is 5.40. The Morgan fingerprint density at radius 1 is 1.26 bits per heavy atom. The van der Waals surface area contributed by atoms with Gasteiger partial charge in [-0.05, 0) is 47.1 Å². The van der Waals surface area contributed by atoms with E-state index in [1.165, 1.54) is 0 Å². The van der Waals surface area contributed by atoms with E-state index in [0.717, 1.165) is 33.5 Å². The van der Waals surface area contributed by atoms with Crippen molar-refractivity contribution in [3.05, 3.63) is 23.3 Å². The minimum absolute atomic E-state index is 0.727. The van der Waals surface area contributed by atoms with Crippen molar-refractivity contribution in [1.82, 2.24) is 0 Å². The largest absolute Gasteiger partial charge is 0.496 e. The van der Waals surface area contributed by atoms with Crippen molar-refractivity contribution in [3.63, 3.8) is 0 Å². The average Bonchev–Trinajstić information content (AvgIpc) is 2.29. The molecule has 0 aliphatic carbocycles. The predicted molar refractivity (Wildman–Crippen MR) is 69.8 cm³/mol. The molecule has 8 heteroatoms. The van der Waals surface area contributed by atoms with Crippen LogP contribution >= 0.6 is 11.8 Å². The van der Waals surface area contributed by atoms with Gasteiger partial charge in [-0.15, -0.1) is 0 Å². The van der Waals surface area contributed by atoms with Gasteiger partial charge >= 0.3 is 10.4 Å². The number of ether oxygens (including phenoxy) is 1. The van der Waals surface area contributed by atoms with Crippen LogP contribution in [-0.4, -0.2) is 20.1 Å². The average molecular weight is 304 g/mol. The molecular weight excluding hydrogens is 292 g/mol. The first kappa shape index (κ1) is 15.7. The van der Waals surface area contributed by atoms with Crippen LogP contribution in [0.3, 0.4) is 0 Å². The Hall–Kier alpha value is -1.40. The van der Waals surface area contributed by atoms with E-state index >= 15 is 0 Å². The number of methoxy groups -OCH3 is 1. The normalized spacial score (nSPS) is 10.5. The molecule has 0 fully saturated rings. The Kier molecular flexibility index (Phi) is 5.50. The lowest BCUT2D eigenvalue weighted by Gasteiger charge is -2.08. The van der Waals surface area contributed by atoms with Gasteiger partial charge in [-0.1, -0.05) is 6.07 Å². The Morgan fingerprint density at radius 2 is 1.95 bits per heavy atom. The summed E-state index contributed by atoms with van der Waals surface area (Å²) in [6.07, 6.45) is 1.98. The second kappa shape index (κ2) is 6.68. The Labute approximate surface area is 115 Å². The van der Waals surface area contributed by atoms with E-state index in [9.17, 15) is 8.42 Å². The van der Waals surface area contributed by atoms with Crippen LogP contribution in [-0.2, 0) is 19.6 Å². The highest BCUT2D eigenvalue weighted by Gasteiger charge is 2.05. The van der Waals surface area contributed by atoms with Gasteiger partial charge in [0.1, 0.15) is 5.75 Å². The van der Waals surface area contributed by atoms with Crippen molar-refractivity contribution >= 4 is 22.2 Å². The molecule has 0 saturated carbocycles. The standard InChI is InChI=1S/C11H12O6S2/c1-8-6-9(2)11(7-10(8)15-3)18-5-4-16-17-19(12,13)14/h6-7H,1-3H3,(H,12,13,14). The zero-order chi connectivity index (χ0) is 14.5. The maximum Gasteiger partial charge on any atom is 0.433 e. The molecule has 0 atom stereocenters. The molecule has 0 unspecified atom stereocenters. The fraction of sp³-hybridized carbons (Fsp3) is 0.273. The van der Waals surface area contributed by atoms with Crippen LogP contribution in [0.1, 0.15) is 11.1 Å². The van der Waals surface area contributed by atoms with Crippen LogP contribution in [0.2, 0.25) is 0 Å². The molecular formula is C11H12O6S2. The zero-order valence-electron chi connectivity index (χ0n) is 10.5. The van der Waals surface area contributed by atoms with Crippen molar-refractivity contribution < 1.29 is 26.9 Å². The molecule has 1 N–H and O–H groups in total. The number of rotatable bonds is 4. The molecule has 0 radical (unpaired) electrons. The first-order valence-corrected chi connectivity index (χ1v) is 7.16. The molecule has 0 bridgehead atoms. The number of hydrogen-bond donors (Lipinski definition) is 1. The van der Waals surface area contributed by atoms with Gasteiger partial charge in [0.25, 0.3) is 0 Å². The van der Waals surface area contributed by atoms with Gasteiger partial charge in [0.15, 0.2) is 6.11 Å². The summed E-state index contributed by atoms with van der Waals surface area (Å²) in [4.78, 5) is 4.83. The summed E-state index contributed by atoms with van der Waals surface area (Å²) in [5.41, 5.74) is 2.00. The Balaban J connectivity index is 2.71. The zero-order valence-corrected chi connectivity index (χ0v) is 12.1.